The highest BCUT2D eigenvalue weighted by Gasteiger charge is 2.31. The normalized spacial score (nSPS) is 14.2. The third-order valence-electron chi connectivity index (χ3n) is 3.83. The van der Waals surface area contributed by atoms with Gasteiger partial charge in [-0.3, -0.25) is 14.4 Å². The van der Waals surface area contributed by atoms with E-state index in [0.717, 1.165) is 16.7 Å². The van der Waals surface area contributed by atoms with Gasteiger partial charge in [-0.2, -0.15) is 0 Å². The number of allylic oxidation sites excluding steroid dienone is 1. The lowest BCUT2D eigenvalue weighted by molar-refractivity contribution is -0.118. The van der Waals surface area contributed by atoms with Crippen LogP contribution >= 0.6 is 0 Å². The molecule has 2 rings (SSSR count). The fourth-order valence-corrected chi connectivity index (χ4v) is 2.64. The van der Waals surface area contributed by atoms with Crippen molar-refractivity contribution in [2.24, 2.45) is 11.7 Å². The summed E-state index contributed by atoms with van der Waals surface area (Å²) in [4.78, 5) is 35.7. The lowest BCUT2D eigenvalue weighted by Gasteiger charge is -2.21. The number of benzene rings is 1. The highest BCUT2D eigenvalue weighted by molar-refractivity contribution is 6.52. The molecule has 0 fully saturated rings. The van der Waals surface area contributed by atoms with Crippen molar-refractivity contribution >= 4 is 23.5 Å². The number of rotatable bonds is 4. The Morgan fingerprint density at radius 3 is 2.43 bits per heavy atom. The molecule has 1 aliphatic carbocycles. The molecule has 4 nitrogen and oxygen atoms in total. The highest BCUT2D eigenvalue weighted by atomic mass is 16.2. The molecule has 0 atom stereocenters. The summed E-state index contributed by atoms with van der Waals surface area (Å²) in [7, 11) is 0. The number of carbonyl (C=O) groups is 3. The van der Waals surface area contributed by atoms with Gasteiger partial charge in [0.25, 0.3) is 0 Å². The molecule has 1 amide bonds. The van der Waals surface area contributed by atoms with Gasteiger partial charge in [-0.15, -0.1) is 0 Å². The first-order valence-corrected chi connectivity index (χ1v) is 7.04. The summed E-state index contributed by atoms with van der Waals surface area (Å²) in [5.41, 5.74) is 8.57. The second kappa shape index (κ2) is 5.64. The Labute approximate surface area is 124 Å². The van der Waals surface area contributed by atoms with Crippen molar-refractivity contribution in [2.45, 2.75) is 33.6 Å². The van der Waals surface area contributed by atoms with Gasteiger partial charge in [-0.1, -0.05) is 26.0 Å². The average Bonchev–Trinajstić information content (AvgIpc) is 2.41. The molecular weight excluding hydrogens is 266 g/mol. The number of primary amides is 1. The Bertz CT molecular complexity index is 669. The minimum atomic E-state index is -0.473. The van der Waals surface area contributed by atoms with E-state index in [9.17, 15) is 14.4 Å². The molecular formula is C17H19NO3. The predicted octanol–water partition coefficient (Wildman–Crippen LogP) is 2.22. The van der Waals surface area contributed by atoms with Gasteiger partial charge in [0.15, 0.2) is 0 Å². The Hall–Kier alpha value is -2.23. The van der Waals surface area contributed by atoms with E-state index in [1.165, 1.54) is 0 Å². The third kappa shape index (κ3) is 2.79. The molecule has 0 saturated heterocycles. The standard InChI is InChI=1S/C17H19NO3/c1-9(2)13-8-11-5-4-10(3)12(6-7-14(18)19)15(11)17(21)16(13)20/h4-5,8-9H,6-7H2,1-3H3,(H2,18,19). The van der Waals surface area contributed by atoms with Crippen LogP contribution in [0.25, 0.3) is 6.08 Å². The van der Waals surface area contributed by atoms with Crippen LogP contribution in [0.2, 0.25) is 0 Å². The molecule has 1 aliphatic rings. The zero-order chi connectivity index (χ0) is 15.7. The number of amides is 1. The van der Waals surface area contributed by atoms with E-state index in [1.807, 2.05) is 32.9 Å². The zero-order valence-corrected chi connectivity index (χ0v) is 12.5. The van der Waals surface area contributed by atoms with Crippen molar-refractivity contribution in [1.82, 2.24) is 0 Å². The summed E-state index contributed by atoms with van der Waals surface area (Å²) in [6, 6.07) is 3.76. The molecule has 0 saturated carbocycles. The molecule has 0 heterocycles. The Morgan fingerprint density at radius 1 is 1.19 bits per heavy atom. The molecule has 0 bridgehead atoms. The summed E-state index contributed by atoms with van der Waals surface area (Å²) in [5, 5.41) is 0. The third-order valence-corrected chi connectivity index (χ3v) is 3.83. The molecule has 0 aromatic heterocycles. The first kappa shape index (κ1) is 15.2. The fourth-order valence-electron chi connectivity index (χ4n) is 2.64. The van der Waals surface area contributed by atoms with Gasteiger partial charge >= 0.3 is 0 Å². The molecule has 0 spiro atoms. The number of ketones is 2. The second-order valence-corrected chi connectivity index (χ2v) is 5.70. The van der Waals surface area contributed by atoms with Crippen molar-refractivity contribution in [3.63, 3.8) is 0 Å². The van der Waals surface area contributed by atoms with Crippen molar-refractivity contribution in [3.8, 4) is 0 Å². The van der Waals surface area contributed by atoms with Crippen LogP contribution in [0.1, 0.15) is 47.3 Å². The van der Waals surface area contributed by atoms with Gasteiger partial charge in [0.05, 0.1) is 0 Å². The number of Topliss-reactive ketones (excluding diaryl/α,β-unsaturated/α-hetero) is 2. The van der Waals surface area contributed by atoms with E-state index in [0.29, 0.717) is 17.6 Å². The van der Waals surface area contributed by atoms with E-state index in [2.05, 4.69) is 0 Å². The zero-order valence-electron chi connectivity index (χ0n) is 12.5. The monoisotopic (exact) mass is 285 g/mol. The quantitative estimate of drug-likeness (QED) is 0.862. The van der Waals surface area contributed by atoms with Gasteiger partial charge in [0.1, 0.15) is 0 Å². The summed E-state index contributed by atoms with van der Waals surface area (Å²) < 4.78 is 0. The maximum absolute atomic E-state index is 12.4. The maximum atomic E-state index is 12.4. The van der Waals surface area contributed by atoms with E-state index in [-0.39, 0.29) is 12.3 Å². The lowest BCUT2D eigenvalue weighted by atomic mass is 9.81. The molecule has 1 aromatic rings. The number of hydrogen-bond acceptors (Lipinski definition) is 3. The van der Waals surface area contributed by atoms with Crippen LogP contribution in [0.4, 0.5) is 0 Å². The Balaban J connectivity index is 2.58. The van der Waals surface area contributed by atoms with E-state index >= 15 is 0 Å². The predicted molar refractivity (Wildman–Crippen MR) is 80.8 cm³/mol. The van der Waals surface area contributed by atoms with Crippen molar-refractivity contribution in [1.29, 1.82) is 0 Å². The summed E-state index contributed by atoms with van der Waals surface area (Å²) in [6.07, 6.45) is 2.34. The number of aryl methyl sites for hydroxylation is 1. The highest BCUT2D eigenvalue weighted by Crippen LogP contribution is 2.30. The first-order chi connectivity index (χ1) is 9.82. The van der Waals surface area contributed by atoms with E-state index in [1.54, 1.807) is 6.08 Å². The van der Waals surface area contributed by atoms with Gasteiger partial charge in [0, 0.05) is 17.6 Å². The molecule has 2 N–H and O–H groups in total. The SMILES string of the molecule is Cc1ccc2c(c1CCC(N)=O)C(=O)C(=O)C(C(C)C)=C2. The molecule has 110 valence electrons. The van der Waals surface area contributed by atoms with Crippen LogP contribution in [-0.2, 0) is 16.0 Å². The first-order valence-electron chi connectivity index (χ1n) is 7.04. The fraction of sp³-hybridized carbons (Fsp3) is 0.353. The van der Waals surface area contributed by atoms with Gasteiger partial charge in [-0.25, -0.2) is 0 Å². The van der Waals surface area contributed by atoms with Crippen LogP contribution in [0, 0.1) is 12.8 Å². The van der Waals surface area contributed by atoms with Crippen molar-refractivity contribution in [2.75, 3.05) is 0 Å². The van der Waals surface area contributed by atoms with Crippen LogP contribution < -0.4 is 5.73 Å². The number of fused-ring (bicyclic) bond motifs is 1. The van der Waals surface area contributed by atoms with Gasteiger partial charge < -0.3 is 5.73 Å². The number of carbonyl (C=O) groups excluding carboxylic acids is 3. The second-order valence-electron chi connectivity index (χ2n) is 5.70. The summed E-state index contributed by atoms with van der Waals surface area (Å²) >= 11 is 0. The van der Waals surface area contributed by atoms with Crippen LogP contribution in [-0.4, -0.2) is 17.5 Å². The average molecular weight is 285 g/mol. The number of hydrogen-bond donors (Lipinski definition) is 1. The van der Waals surface area contributed by atoms with Gasteiger partial charge in [-0.05, 0) is 42.0 Å². The number of nitrogens with two attached hydrogens (primary N) is 1. The van der Waals surface area contributed by atoms with Crippen LogP contribution in [0.5, 0.6) is 0 Å². The molecule has 0 unspecified atom stereocenters. The summed E-state index contributed by atoms with van der Waals surface area (Å²) in [6.45, 7) is 5.66. The largest absolute Gasteiger partial charge is 0.370 e. The van der Waals surface area contributed by atoms with E-state index in [4.69, 9.17) is 5.73 Å². The van der Waals surface area contributed by atoms with Crippen LogP contribution in [0.3, 0.4) is 0 Å². The Morgan fingerprint density at radius 2 is 1.86 bits per heavy atom. The van der Waals surface area contributed by atoms with Crippen molar-refractivity contribution < 1.29 is 14.4 Å². The molecule has 0 aliphatic heterocycles. The lowest BCUT2D eigenvalue weighted by Crippen LogP contribution is -2.26. The summed E-state index contributed by atoms with van der Waals surface area (Å²) in [5.74, 6) is -1.33. The van der Waals surface area contributed by atoms with Crippen molar-refractivity contribution in [3.05, 3.63) is 40.0 Å². The smallest absolute Gasteiger partial charge is 0.234 e. The molecule has 0 radical (unpaired) electrons. The molecule has 21 heavy (non-hydrogen) atoms. The maximum Gasteiger partial charge on any atom is 0.234 e. The topological polar surface area (TPSA) is 77.2 Å². The Kier molecular flexibility index (Phi) is 4.07. The molecule has 1 aromatic carbocycles. The van der Waals surface area contributed by atoms with E-state index < -0.39 is 17.5 Å². The van der Waals surface area contributed by atoms with Crippen LogP contribution in [0.15, 0.2) is 17.7 Å². The molecule has 4 heteroatoms. The minimum absolute atomic E-state index is 0.00460. The minimum Gasteiger partial charge on any atom is -0.370 e. The van der Waals surface area contributed by atoms with Gasteiger partial charge in [0.2, 0.25) is 17.5 Å².